The molecule has 1 aliphatic heterocycles. The normalized spacial score (nSPS) is 24.8. The van der Waals surface area contributed by atoms with E-state index in [9.17, 15) is 4.79 Å². The van der Waals surface area contributed by atoms with Crippen LogP contribution in [-0.4, -0.2) is 49.9 Å². The number of hydrogen-bond donors (Lipinski definition) is 0. The van der Waals surface area contributed by atoms with Gasteiger partial charge in [-0.1, -0.05) is 32.5 Å². The molecule has 0 aliphatic carbocycles. The fourth-order valence-corrected chi connectivity index (χ4v) is 3.63. The SMILES string of the molecule is CC1(C)OC[C@@H](OCSC(=O)[S-])[C@@H](CCO[Si](C)(C)C(C)(C)C)O1. The predicted octanol–water partition coefficient (Wildman–Crippen LogP) is 4.29. The lowest BCUT2D eigenvalue weighted by Gasteiger charge is -2.42. The largest absolute Gasteiger partial charge is 0.730 e. The maximum Gasteiger partial charge on any atom is 0.191 e. The number of thioether (sulfide) groups is 1. The van der Waals surface area contributed by atoms with Crippen molar-refractivity contribution < 1.29 is 23.4 Å². The van der Waals surface area contributed by atoms with Gasteiger partial charge in [0, 0.05) is 6.61 Å². The van der Waals surface area contributed by atoms with Crippen molar-refractivity contribution in [2.24, 2.45) is 0 Å². The molecule has 0 N–H and O–H groups in total. The molecule has 142 valence electrons. The fourth-order valence-electron chi connectivity index (χ4n) is 2.08. The zero-order valence-electron chi connectivity index (χ0n) is 15.8. The van der Waals surface area contributed by atoms with Crippen LogP contribution >= 0.6 is 11.8 Å². The van der Waals surface area contributed by atoms with Crippen molar-refractivity contribution >= 4 is 37.2 Å². The molecule has 0 aromatic carbocycles. The minimum absolute atomic E-state index is 0.126. The van der Waals surface area contributed by atoms with E-state index in [1.165, 1.54) is 0 Å². The standard InChI is InChI=1S/C16H32O5S2Si/c1-15(2,3)24(6,7)20-9-8-12-13(18-11-23-14(17)22)10-19-16(4,5)21-12/h12-13H,8-11H2,1-7H3,(H,17,22)/p-1/t12-,13-/m1/s1. The van der Waals surface area contributed by atoms with E-state index in [1.807, 2.05) is 13.8 Å². The van der Waals surface area contributed by atoms with Crippen molar-refractivity contribution in [3.05, 3.63) is 0 Å². The Labute approximate surface area is 157 Å². The highest BCUT2D eigenvalue weighted by atomic mass is 32.2. The summed E-state index contributed by atoms with van der Waals surface area (Å²) in [6.45, 7) is 16.0. The van der Waals surface area contributed by atoms with Crippen LogP contribution in [0.4, 0.5) is 4.79 Å². The van der Waals surface area contributed by atoms with Gasteiger partial charge >= 0.3 is 0 Å². The molecule has 2 atom stereocenters. The van der Waals surface area contributed by atoms with E-state index in [2.05, 4.69) is 46.5 Å². The van der Waals surface area contributed by atoms with Crippen LogP contribution in [0.25, 0.3) is 0 Å². The average Bonchev–Trinajstić information content (AvgIpc) is 2.38. The van der Waals surface area contributed by atoms with Crippen LogP contribution in [0.1, 0.15) is 41.0 Å². The van der Waals surface area contributed by atoms with E-state index >= 15 is 0 Å². The highest BCUT2D eigenvalue weighted by Gasteiger charge is 2.39. The Kier molecular flexibility index (Phi) is 8.18. The quantitative estimate of drug-likeness (QED) is 0.362. The highest BCUT2D eigenvalue weighted by molar-refractivity contribution is 8.26. The molecule has 1 rings (SSSR count). The van der Waals surface area contributed by atoms with Gasteiger partial charge in [-0.15, -0.1) is 0 Å². The van der Waals surface area contributed by atoms with Gasteiger partial charge in [-0.2, -0.15) is 0 Å². The Bertz CT molecular complexity index is 423. The maximum absolute atomic E-state index is 10.9. The zero-order chi connectivity index (χ0) is 18.6. The summed E-state index contributed by atoms with van der Waals surface area (Å²) in [5, 5.41) is 0.180. The molecule has 0 saturated carbocycles. The second-order valence-corrected chi connectivity index (χ2v) is 14.3. The van der Waals surface area contributed by atoms with Crippen molar-refractivity contribution in [2.75, 3.05) is 19.2 Å². The number of hydrogen-bond acceptors (Lipinski definition) is 7. The smallest absolute Gasteiger partial charge is 0.191 e. The van der Waals surface area contributed by atoms with Gasteiger partial charge < -0.3 is 36.1 Å². The molecule has 0 radical (unpaired) electrons. The maximum atomic E-state index is 10.9. The van der Waals surface area contributed by atoms with E-state index in [0.717, 1.165) is 18.2 Å². The molecule has 0 aromatic rings. The third-order valence-electron chi connectivity index (χ3n) is 4.58. The molecule has 1 heterocycles. The molecule has 0 bridgehead atoms. The van der Waals surface area contributed by atoms with Crippen LogP contribution in [0.3, 0.4) is 0 Å². The van der Waals surface area contributed by atoms with Crippen LogP contribution in [0.5, 0.6) is 0 Å². The minimum Gasteiger partial charge on any atom is -0.730 e. The van der Waals surface area contributed by atoms with Gasteiger partial charge in [-0.3, -0.25) is 0 Å². The molecule has 1 fully saturated rings. The van der Waals surface area contributed by atoms with Crippen molar-refractivity contribution in [2.45, 2.75) is 77.2 Å². The van der Waals surface area contributed by atoms with E-state index in [1.54, 1.807) is 0 Å². The van der Waals surface area contributed by atoms with E-state index in [-0.39, 0.29) is 27.6 Å². The van der Waals surface area contributed by atoms with Crippen LogP contribution in [0.15, 0.2) is 0 Å². The van der Waals surface area contributed by atoms with Gasteiger partial charge in [0.2, 0.25) is 0 Å². The van der Waals surface area contributed by atoms with E-state index in [0.29, 0.717) is 13.2 Å². The third-order valence-corrected chi connectivity index (χ3v) is 9.96. The summed E-state index contributed by atoms with van der Waals surface area (Å²) in [5.74, 6) is -0.414. The van der Waals surface area contributed by atoms with Crippen molar-refractivity contribution in [3.8, 4) is 0 Å². The van der Waals surface area contributed by atoms with Crippen LogP contribution < -0.4 is 0 Å². The summed E-state index contributed by atoms with van der Waals surface area (Å²) in [6.07, 6.45) is 0.387. The summed E-state index contributed by atoms with van der Waals surface area (Å²) >= 11 is 5.50. The van der Waals surface area contributed by atoms with Gasteiger partial charge in [-0.05, 0) is 38.4 Å². The Hall–Kier alpha value is 0.297. The Morgan fingerprint density at radius 1 is 1.38 bits per heavy atom. The summed E-state index contributed by atoms with van der Waals surface area (Å²) < 4.78 is 23.3. The average molecular weight is 396 g/mol. The molecule has 0 aromatic heterocycles. The fraction of sp³-hybridized carbons (Fsp3) is 0.938. The first-order valence-corrected chi connectivity index (χ1v) is 12.6. The first-order valence-electron chi connectivity index (χ1n) is 8.25. The van der Waals surface area contributed by atoms with Crippen molar-refractivity contribution in [1.29, 1.82) is 0 Å². The Morgan fingerprint density at radius 3 is 2.54 bits per heavy atom. The molecule has 1 aliphatic rings. The molecule has 24 heavy (non-hydrogen) atoms. The van der Waals surface area contributed by atoms with Crippen LogP contribution in [-0.2, 0) is 31.3 Å². The lowest BCUT2D eigenvalue weighted by molar-refractivity contribution is -0.309. The molecule has 8 heteroatoms. The second kappa shape index (κ2) is 8.79. The van der Waals surface area contributed by atoms with Crippen LogP contribution in [0.2, 0.25) is 18.1 Å². The number of ether oxygens (including phenoxy) is 3. The molecule has 1 saturated heterocycles. The topological polar surface area (TPSA) is 54.0 Å². The summed E-state index contributed by atoms with van der Waals surface area (Å²) in [5.41, 5.74) is 0. The van der Waals surface area contributed by atoms with Crippen LogP contribution in [0, 0.1) is 0 Å². The number of carbonyl (C=O) groups excluding carboxylic acids is 1. The summed E-state index contributed by atoms with van der Waals surface area (Å²) in [7, 11) is -1.78. The van der Waals surface area contributed by atoms with Gasteiger partial charge in [-0.25, -0.2) is 0 Å². The molecular formula is C16H31O5S2Si-. The lowest BCUT2D eigenvalue weighted by atomic mass is 10.1. The lowest BCUT2D eigenvalue weighted by Crippen LogP contribution is -2.50. The number of rotatable bonds is 7. The molecule has 0 spiro atoms. The number of carbonyl (C=O) groups is 1. The highest BCUT2D eigenvalue weighted by Crippen LogP contribution is 2.37. The summed E-state index contributed by atoms with van der Waals surface area (Å²) in [4.78, 5) is 10.9. The van der Waals surface area contributed by atoms with Gasteiger partial charge in [0.05, 0.1) is 23.1 Å². The first kappa shape index (κ1) is 22.3. The summed E-state index contributed by atoms with van der Waals surface area (Å²) in [6, 6.07) is 0. The third kappa shape index (κ3) is 7.27. The molecular weight excluding hydrogens is 364 g/mol. The van der Waals surface area contributed by atoms with Gasteiger partial charge in [0.15, 0.2) is 14.1 Å². The van der Waals surface area contributed by atoms with Gasteiger partial charge in [0.1, 0.15) is 6.10 Å². The molecule has 5 nitrogen and oxygen atoms in total. The van der Waals surface area contributed by atoms with E-state index < -0.39 is 14.1 Å². The van der Waals surface area contributed by atoms with Gasteiger partial charge in [0.25, 0.3) is 0 Å². The second-order valence-electron chi connectivity index (χ2n) is 7.98. The van der Waals surface area contributed by atoms with E-state index in [4.69, 9.17) is 18.6 Å². The molecule has 0 amide bonds. The Balaban J connectivity index is 2.56. The predicted molar refractivity (Wildman–Crippen MR) is 103 cm³/mol. The monoisotopic (exact) mass is 395 g/mol. The zero-order valence-corrected chi connectivity index (χ0v) is 18.5. The van der Waals surface area contributed by atoms with Crippen molar-refractivity contribution in [1.82, 2.24) is 0 Å². The van der Waals surface area contributed by atoms with Crippen molar-refractivity contribution in [3.63, 3.8) is 0 Å². The molecule has 0 unspecified atom stereocenters. The first-order chi connectivity index (χ1) is 10.8. The minimum atomic E-state index is -1.78. The Morgan fingerprint density at radius 2 is 2.00 bits per heavy atom.